The maximum absolute atomic E-state index is 14.3. The molecule has 3 aromatic heterocycles. The molecule has 0 bridgehead atoms. The Balaban J connectivity index is 1.33. The quantitative estimate of drug-likeness (QED) is 0.728. The molecule has 3 aromatic rings. The lowest BCUT2D eigenvalue weighted by atomic mass is 10.2. The maximum Gasteiger partial charge on any atom is 0.212 e. The van der Waals surface area contributed by atoms with Crippen LogP contribution >= 0.6 is 0 Å². The molecule has 1 aliphatic rings. The predicted molar refractivity (Wildman–Crippen MR) is 93.4 cm³/mol. The Morgan fingerprint density at radius 2 is 2.19 bits per heavy atom. The van der Waals surface area contributed by atoms with Gasteiger partial charge in [0.15, 0.2) is 0 Å². The van der Waals surface area contributed by atoms with Crippen molar-refractivity contribution < 1.29 is 13.9 Å². The third-order valence-corrected chi connectivity index (χ3v) is 4.45. The van der Waals surface area contributed by atoms with Crippen LogP contribution in [-0.4, -0.2) is 57.3 Å². The highest BCUT2D eigenvalue weighted by molar-refractivity contribution is 5.73. The number of nitrogens with one attached hydrogen (secondary N) is 1. The van der Waals surface area contributed by atoms with E-state index in [1.54, 1.807) is 25.7 Å². The lowest BCUT2D eigenvalue weighted by molar-refractivity contribution is 0.00863. The summed E-state index contributed by atoms with van der Waals surface area (Å²) in [6.45, 7) is 1.76. The molecule has 4 heterocycles. The van der Waals surface area contributed by atoms with Gasteiger partial charge in [0.2, 0.25) is 5.88 Å². The number of likely N-dealkylation sites (tertiary alicyclic amines) is 1. The number of H-pyrrole nitrogens is 1. The molecule has 1 saturated heterocycles. The van der Waals surface area contributed by atoms with Gasteiger partial charge < -0.3 is 14.5 Å². The second-order valence-corrected chi connectivity index (χ2v) is 6.34. The summed E-state index contributed by atoms with van der Waals surface area (Å²) in [6.07, 6.45) is 3.67. The lowest BCUT2D eigenvalue weighted by Crippen LogP contribution is -2.24. The molecule has 1 fully saturated rings. The van der Waals surface area contributed by atoms with E-state index in [0.29, 0.717) is 31.3 Å². The Bertz CT molecular complexity index is 836. The molecule has 136 valence electrons. The van der Waals surface area contributed by atoms with Crippen molar-refractivity contribution in [1.82, 2.24) is 24.8 Å². The van der Waals surface area contributed by atoms with E-state index in [9.17, 15) is 4.39 Å². The van der Waals surface area contributed by atoms with Crippen molar-refractivity contribution >= 4 is 11.0 Å². The van der Waals surface area contributed by atoms with E-state index < -0.39 is 12.3 Å². The number of pyridine rings is 2. The standard InChI is InChI=1S/C18H20FN5O2/c1-25-18-3-2-12(6-21-18)8-24-9-13(19)16(10-24)26-11-17-22-14-4-5-20-7-15(14)23-17/h2-7,13,16H,8-11H2,1H3,(H,22,23)/t13-,16+/m1/s1. The Labute approximate surface area is 150 Å². The molecule has 0 saturated carbocycles. The Hall–Kier alpha value is -2.58. The van der Waals surface area contributed by atoms with Crippen LogP contribution in [0.15, 0.2) is 36.8 Å². The van der Waals surface area contributed by atoms with Gasteiger partial charge in [-0.3, -0.25) is 9.88 Å². The molecule has 8 heteroatoms. The first-order chi connectivity index (χ1) is 12.7. The summed E-state index contributed by atoms with van der Waals surface area (Å²) in [6, 6.07) is 5.58. The van der Waals surface area contributed by atoms with Crippen molar-refractivity contribution in [3.8, 4) is 5.88 Å². The molecule has 2 atom stereocenters. The van der Waals surface area contributed by atoms with Crippen LogP contribution < -0.4 is 4.74 Å². The van der Waals surface area contributed by atoms with E-state index in [-0.39, 0.29) is 6.61 Å². The SMILES string of the molecule is COc1ccc(CN2C[C@@H](F)[C@@H](OCc3nc4ccncc4[nH]3)C2)cn1. The normalized spacial score (nSPS) is 20.7. The van der Waals surface area contributed by atoms with E-state index >= 15 is 0 Å². The number of halogens is 1. The summed E-state index contributed by atoms with van der Waals surface area (Å²) < 4.78 is 25.1. The third kappa shape index (κ3) is 3.66. The fraction of sp³-hybridized carbons (Fsp3) is 0.389. The number of fused-ring (bicyclic) bond motifs is 1. The Morgan fingerprint density at radius 1 is 1.27 bits per heavy atom. The molecule has 0 amide bonds. The largest absolute Gasteiger partial charge is 0.481 e. The lowest BCUT2D eigenvalue weighted by Gasteiger charge is -2.15. The summed E-state index contributed by atoms with van der Waals surface area (Å²) in [5.74, 6) is 1.25. The van der Waals surface area contributed by atoms with Crippen molar-refractivity contribution in [3.63, 3.8) is 0 Å². The van der Waals surface area contributed by atoms with E-state index in [1.165, 1.54) is 0 Å². The van der Waals surface area contributed by atoms with E-state index in [4.69, 9.17) is 9.47 Å². The molecule has 0 aliphatic carbocycles. The van der Waals surface area contributed by atoms with Gasteiger partial charge in [0.25, 0.3) is 0 Å². The number of nitrogens with zero attached hydrogens (tertiary/aromatic N) is 4. The van der Waals surface area contributed by atoms with Gasteiger partial charge in [-0.05, 0) is 11.6 Å². The number of hydrogen-bond acceptors (Lipinski definition) is 6. The van der Waals surface area contributed by atoms with Gasteiger partial charge in [-0.2, -0.15) is 0 Å². The van der Waals surface area contributed by atoms with Crippen LogP contribution in [0.3, 0.4) is 0 Å². The summed E-state index contributed by atoms with van der Waals surface area (Å²) in [5.41, 5.74) is 2.70. The summed E-state index contributed by atoms with van der Waals surface area (Å²) in [5, 5.41) is 0. The van der Waals surface area contributed by atoms with Crippen molar-refractivity contribution in [3.05, 3.63) is 48.2 Å². The highest BCUT2D eigenvalue weighted by Gasteiger charge is 2.33. The molecule has 7 nitrogen and oxygen atoms in total. The predicted octanol–water partition coefficient (Wildman–Crippen LogP) is 2.10. The monoisotopic (exact) mass is 357 g/mol. The number of imidazole rings is 1. The van der Waals surface area contributed by atoms with Crippen LogP contribution in [0.4, 0.5) is 4.39 Å². The minimum atomic E-state index is -1.02. The average molecular weight is 357 g/mol. The van der Waals surface area contributed by atoms with Crippen molar-refractivity contribution in [2.45, 2.75) is 25.4 Å². The average Bonchev–Trinajstić information content (AvgIpc) is 3.23. The van der Waals surface area contributed by atoms with Gasteiger partial charge in [-0.15, -0.1) is 0 Å². The molecule has 0 unspecified atom stereocenters. The highest BCUT2D eigenvalue weighted by Crippen LogP contribution is 2.21. The molecule has 1 N–H and O–H groups in total. The fourth-order valence-electron chi connectivity index (χ4n) is 3.14. The number of hydrogen-bond donors (Lipinski definition) is 1. The van der Waals surface area contributed by atoms with Crippen molar-refractivity contribution in [2.24, 2.45) is 0 Å². The number of rotatable bonds is 6. The first-order valence-corrected chi connectivity index (χ1v) is 8.47. The van der Waals surface area contributed by atoms with Gasteiger partial charge in [0, 0.05) is 38.1 Å². The number of aromatic nitrogens is 4. The minimum Gasteiger partial charge on any atom is -0.481 e. The van der Waals surface area contributed by atoms with E-state index in [2.05, 4.69) is 19.9 Å². The topological polar surface area (TPSA) is 76.2 Å². The molecule has 1 aliphatic heterocycles. The number of alkyl halides is 1. The molecule has 0 spiro atoms. The van der Waals surface area contributed by atoms with Crippen LogP contribution in [0.25, 0.3) is 11.0 Å². The third-order valence-electron chi connectivity index (χ3n) is 4.45. The Kier molecular flexibility index (Phi) is 4.77. The van der Waals surface area contributed by atoms with Crippen LogP contribution in [0.1, 0.15) is 11.4 Å². The van der Waals surface area contributed by atoms with E-state index in [0.717, 1.165) is 16.6 Å². The fourth-order valence-corrected chi connectivity index (χ4v) is 3.14. The number of methoxy groups -OCH3 is 1. The van der Waals surface area contributed by atoms with Crippen molar-refractivity contribution in [2.75, 3.05) is 20.2 Å². The van der Waals surface area contributed by atoms with Crippen molar-refractivity contribution in [1.29, 1.82) is 0 Å². The van der Waals surface area contributed by atoms with Crippen LogP contribution in [-0.2, 0) is 17.9 Å². The zero-order chi connectivity index (χ0) is 17.9. The van der Waals surface area contributed by atoms with Crippen LogP contribution in [0.2, 0.25) is 0 Å². The second kappa shape index (κ2) is 7.35. The zero-order valence-corrected chi connectivity index (χ0v) is 14.4. The molecule has 26 heavy (non-hydrogen) atoms. The summed E-state index contributed by atoms with van der Waals surface area (Å²) in [7, 11) is 1.58. The molecular weight excluding hydrogens is 337 g/mol. The second-order valence-electron chi connectivity index (χ2n) is 6.34. The van der Waals surface area contributed by atoms with Gasteiger partial charge in [0.05, 0.1) is 24.3 Å². The number of ether oxygens (including phenoxy) is 2. The molecule has 0 aromatic carbocycles. The smallest absolute Gasteiger partial charge is 0.212 e. The first-order valence-electron chi connectivity index (χ1n) is 8.47. The maximum atomic E-state index is 14.3. The summed E-state index contributed by atoms with van der Waals surface area (Å²) >= 11 is 0. The van der Waals surface area contributed by atoms with Crippen LogP contribution in [0, 0.1) is 0 Å². The first kappa shape index (κ1) is 16.9. The van der Waals surface area contributed by atoms with Gasteiger partial charge in [-0.25, -0.2) is 14.4 Å². The molecule has 4 rings (SSSR count). The number of aromatic amines is 1. The van der Waals surface area contributed by atoms with Gasteiger partial charge in [0.1, 0.15) is 24.7 Å². The molecular formula is C18H20FN5O2. The van der Waals surface area contributed by atoms with Gasteiger partial charge in [-0.1, -0.05) is 6.07 Å². The minimum absolute atomic E-state index is 0.248. The Morgan fingerprint density at radius 3 is 2.96 bits per heavy atom. The molecule has 0 radical (unpaired) electrons. The zero-order valence-electron chi connectivity index (χ0n) is 14.4. The highest BCUT2D eigenvalue weighted by atomic mass is 19.1. The summed E-state index contributed by atoms with van der Waals surface area (Å²) in [4.78, 5) is 17.8. The van der Waals surface area contributed by atoms with E-state index in [1.807, 2.05) is 23.1 Å². The van der Waals surface area contributed by atoms with Crippen LogP contribution in [0.5, 0.6) is 5.88 Å². The van der Waals surface area contributed by atoms with Gasteiger partial charge >= 0.3 is 0 Å².